The van der Waals surface area contributed by atoms with Crippen molar-refractivity contribution in [1.29, 1.82) is 0 Å². The maximum absolute atomic E-state index is 11.0. The summed E-state index contributed by atoms with van der Waals surface area (Å²) in [4.78, 5) is 10.1. The minimum Gasteiger partial charge on any atom is -0.507 e. The Bertz CT molecular complexity index is 2520. The molecule has 0 spiro atoms. The Labute approximate surface area is 354 Å². The zero-order valence-electron chi connectivity index (χ0n) is 34.9. The third-order valence-electron chi connectivity index (χ3n) is 10.7. The van der Waals surface area contributed by atoms with Gasteiger partial charge in [0.2, 0.25) is 0 Å². The number of rotatable bonds is 6. The normalized spacial score (nSPS) is 12.0. The first-order valence-electron chi connectivity index (χ1n) is 19.6. The number of hydrogen-bond donors (Lipinski definition) is 1. The molecule has 0 unspecified atom stereocenters. The van der Waals surface area contributed by atoms with Gasteiger partial charge in [0.15, 0.2) is 0 Å². The molecule has 0 atom stereocenters. The standard InChI is InChI=1S/C53H53N2O.Pt/c1-34-25-41(51(2,3)4)33-45(35-17-12-11-13-18-35)50(34)38-23-24-54-46(29-38)36-19-16-20-37(26-36)47-30-40(31-48(55-47)44-21-14-15-22-49(44)56)39-27-42(52(5,6)7)32-43(28-39)53(8,9)10;/h11-25,27-33,56H,1-10H3;/q-1;. The number of para-hydroxylation sites is 1. The van der Waals surface area contributed by atoms with Crippen molar-refractivity contribution >= 4 is 0 Å². The number of aromatic hydroxyl groups is 1. The summed E-state index contributed by atoms with van der Waals surface area (Å²) in [6, 6.07) is 48.2. The molecular weight excluding hydrogens is 876 g/mol. The van der Waals surface area contributed by atoms with E-state index < -0.39 is 0 Å². The first-order valence-corrected chi connectivity index (χ1v) is 19.6. The molecule has 292 valence electrons. The largest absolute Gasteiger partial charge is 0.507 e. The van der Waals surface area contributed by atoms with Crippen LogP contribution in [0.3, 0.4) is 0 Å². The zero-order chi connectivity index (χ0) is 40.0. The van der Waals surface area contributed by atoms with E-state index in [0.29, 0.717) is 11.3 Å². The van der Waals surface area contributed by atoms with E-state index in [2.05, 4.69) is 178 Å². The van der Waals surface area contributed by atoms with E-state index in [-0.39, 0.29) is 43.1 Å². The summed E-state index contributed by atoms with van der Waals surface area (Å²) in [7, 11) is 0. The Balaban J connectivity index is 0.00000549. The number of nitrogens with zero attached hydrogens (tertiary/aromatic N) is 2. The monoisotopic (exact) mass is 928 g/mol. The van der Waals surface area contributed by atoms with E-state index in [1.165, 1.54) is 38.9 Å². The van der Waals surface area contributed by atoms with Crippen LogP contribution in [0.5, 0.6) is 5.75 Å². The van der Waals surface area contributed by atoms with E-state index >= 15 is 0 Å². The van der Waals surface area contributed by atoms with E-state index in [4.69, 9.17) is 9.97 Å². The van der Waals surface area contributed by atoms with Crippen LogP contribution in [0.4, 0.5) is 0 Å². The van der Waals surface area contributed by atoms with E-state index in [9.17, 15) is 5.11 Å². The molecule has 0 radical (unpaired) electrons. The van der Waals surface area contributed by atoms with Crippen LogP contribution in [0.15, 0.2) is 134 Å². The van der Waals surface area contributed by atoms with Crippen LogP contribution < -0.4 is 0 Å². The molecule has 1 N–H and O–H groups in total. The molecule has 0 aliphatic carbocycles. The molecule has 0 aliphatic rings. The number of benzene rings is 5. The maximum Gasteiger partial charge on any atom is 0.124 e. The third-order valence-corrected chi connectivity index (χ3v) is 10.7. The first kappa shape index (κ1) is 41.5. The predicted octanol–water partition coefficient (Wildman–Crippen LogP) is 14.2. The number of aryl methyl sites for hydroxylation is 1. The van der Waals surface area contributed by atoms with Gasteiger partial charge in [-0.2, -0.15) is 0 Å². The molecule has 0 fully saturated rings. The predicted molar refractivity (Wildman–Crippen MR) is 236 cm³/mol. The van der Waals surface area contributed by atoms with Crippen LogP contribution in [0, 0.1) is 13.0 Å². The number of pyridine rings is 2. The molecule has 2 aromatic heterocycles. The van der Waals surface area contributed by atoms with Gasteiger partial charge in [0.1, 0.15) is 5.75 Å². The van der Waals surface area contributed by atoms with Crippen molar-refractivity contribution in [3.63, 3.8) is 0 Å². The van der Waals surface area contributed by atoms with E-state index in [1.807, 2.05) is 24.4 Å². The number of phenols is 1. The average molecular weight is 929 g/mol. The summed E-state index contributed by atoms with van der Waals surface area (Å²) in [6.07, 6.45) is 1.90. The summed E-state index contributed by atoms with van der Waals surface area (Å²) in [5, 5.41) is 11.0. The number of hydrogen-bond acceptors (Lipinski definition) is 3. The number of aromatic nitrogens is 2. The molecule has 0 saturated carbocycles. The van der Waals surface area contributed by atoms with Gasteiger partial charge in [-0.1, -0.05) is 152 Å². The Morgan fingerprint density at radius 3 is 1.65 bits per heavy atom. The van der Waals surface area contributed by atoms with Crippen LogP contribution in [0.2, 0.25) is 0 Å². The molecular formula is C53H53N2OPt-. The van der Waals surface area contributed by atoms with Gasteiger partial charge in [-0.05, 0) is 109 Å². The molecule has 0 bridgehead atoms. The van der Waals surface area contributed by atoms with Crippen molar-refractivity contribution in [3.8, 4) is 72.9 Å². The van der Waals surface area contributed by atoms with E-state index in [0.717, 1.165) is 39.2 Å². The third kappa shape index (κ3) is 9.06. The SMILES string of the molecule is Cc1cc(C(C)(C)C)cc(-c2ccccc2)c1-c1ccnc(-c2[c-]c(-c3cc(-c4cc(C(C)(C)C)cc(C(C)(C)C)c4)cc(-c4ccccc4O)n3)ccc2)c1.[Pt]. The maximum atomic E-state index is 11.0. The Kier molecular flexibility index (Phi) is 11.7. The van der Waals surface area contributed by atoms with Crippen LogP contribution in [0.25, 0.3) is 67.2 Å². The van der Waals surface area contributed by atoms with Crippen molar-refractivity contribution in [2.75, 3.05) is 0 Å². The Hall–Kier alpha value is -5.11. The van der Waals surface area contributed by atoms with Gasteiger partial charge in [0.05, 0.1) is 5.69 Å². The molecule has 0 amide bonds. The molecule has 0 aliphatic heterocycles. The first-order chi connectivity index (χ1) is 26.5. The van der Waals surface area contributed by atoms with Gasteiger partial charge in [0, 0.05) is 44.2 Å². The Morgan fingerprint density at radius 2 is 1.02 bits per heavy atom. The van der Waals surface area contributed by atoms with Gasteiger partial charge in [-0.3, -0.25) is 9.97 Å². The summed E-state index contributed by atoms with van der Waals surface area (Å²) in [5.74, 6) is 0.196. The molecule has 5 aromatic carbocycles. The molecule has 2 heterocycles. The van der Waals surface area contributed by atoms with Crippen molar-refractivity contribution in [2.24, 2.45) is 0 Å². The second kappa shape index (κ2) is 16.0. The van der Waals surface area contributed by atoms with Crippen molar-refractivity contribution in [3.05, 3.63) is 162 Å². The van der Waals surface area contributed by atoms with Crippen molar-refractivity contribution in [1.82, 2.24) is 9.97 Å². The van der Waals surface area contributed by atoms with Crippen LogP contribution in [-0.2, 0) is 37.3 Å². The van der Waals surface area contributed by atoms with Gasteiger partial charge >= 0.3 is 0 Å². The van der Waals surface area contributed by atoms with E-state index in [1.54, 1.807) is 6.07 Å². The molecule has 4 heteroatoms. The van der Waals surface area contributed by atoms with Gasteiger partial charge in [0.25, 0.3) is 0 Å². The minimum absolute atomic E-state index is 0. The fourth-order valence-corrected chi connectivity index (χ4v) is 7.27. The fraction of sp³-hybridized carbons (Fsp3) is 0.245. The van der Waals surface area contributed by atoms with Gasteiger partial charge < -0.3 is 5.11 Å². The topological polar surface area (TPSA) is 46.0 Å². The van der Waals surface area contributed by atoms with Crippen LogP contribution >= 0.6 is 0 Å². The number of phenolic OH excluding ortho intramolecular Hbond substituents is 1. The van der Waals surface area contributed by atoms with Gasteiger partial charge in [-0.15, -0.1) is 24.3 Å². The average Bonchev–Trinajstić information content (AvgIpc) is 3.17. The van der Waals surface area contributed by atoms with Crippen LogP contribution in [-0.4, -0.2) is 15.1 Å². The molecule has 3 nitrogen and oxygen atoms in total. The fourth-order valence-electron chi connectivity index (χ4n) is 7.27. The summed E-state index contributed by atoms with van der Waals surface area (Å²) < 4.78 is 0. The minimum atomic E-state index is -0.0366. The zero-order valence-corrected chi connectivity index (χ0v) is 37.1. The second-order valence-corrected chi connectivity index (χ2v) is 18.2. The summed E-state index contributed by atoms with van der Waals surface area (Å²) in [5.41, 5.74) is 16.7. The molecule has 0 saturated heterocycles. The van der Waals surface area contributed by atoms with Gasteiger partial charge in [-0.25, -0.2) is 0 Å². The quantitative estimate of drug-likeness (QED) is 0.169. The summed E-state index contributed by atoms with van der Waals surface area (Å²) >= 11 is 0. The molecule has 7 aromatic rings. The molecule has 57 heavy (non-hydrogen) atoms. The van der Waals surface area contributed by atoms with Crippen molar-refractivity contribution < 1.29 is 26.2 Å². The smallest absolute Gasteiger partial charge is 0.124 e. The summed E-state index contributed by atoms with van der Waals surface area (Å²) in [6.45, 7) is 22.6. The van der Waals surface area contributed by atoms with Crippen LogP contribution in [0.1, 0.15) is 84.6 Å². The van der Waals surface area contributed by atoms with Crippen molar-refractivity contribution in [2.45, 2.75) is 85.5 Å². The second-order valence-electron chi connectivity index (χ2n) is 18.2. The Morgan fingerprint density at radius 1 is 0.474 bits per heavy atom. The molecule has 7 rings (SSSR count).